The Morgan fingerprint density at radius 2 is 2.07 bits per heavy atom. The van der Waals surface area contributed by atoms with Crippen molar-refractivity contribution >= 4 is 15.9 Å². The lowest BCUT2D eigenvalue weighted by Crippen LogP contribution is -1.95. The number of ether oxygens (including phenoxy) is 1. The summed E-state index contributed by atoms with van der Waals surface area (Å²) in [7, 11) is 0. The van der Waals surface area contributed by atoms with Crippen LogP contribution in [0.1, 0.15) is 6.92 Å². The standard InChI is InChI=1S/C11H11BrN2O/c1-2-14-11(12)10(8-13-14)15-9-6-4-3-5-7-9/h3-8H,2H2,1H3. The summed E-state index contributed by atoms with van der Waals surface area (Å²) < 4.78 is 8.36. The lowest BCUT2D eigenvalue weighted by molar-refractivity contribution is 0.477. The second-order valence-electron chi connectivity index (χ2n) is 3.03. The fraction of sp³-hybridized carbons (Fsp3) is 0.182. The zero-order valence-electron chi connectivity index (χ0n) is 8.35. The van der Waals surface area contributed by atoms with Crippen LogP contribution in [0.15, 0.2) is 41.1 Å². The van der Waals surface area contributed by atoms with Crippen molar-refractivity contribution in [1.82, 2.24) is 9.78 Å². The molecule has 78 valence electrons. The van der Waals surface area contributed by atoms with E-state index in [0.29, 0.717) is 0 Å². The first kappa shape index (κ1) is 10.2. The summed E-state index contributed by atoms with van der Waals surface area (Å²) in [6, 6.07) is 9.66. The number of para-hydroxylation sites is 1. The van der Waals surface area contributed by atoms with Gasteiger partial charge >= 0.3 is 0 Å². The van der Waals surface area contributed by atoms with E-state index in [1.54, 1.807) is 6.20 Å². The van der Waals surface area contributed by atoms with Crippen LogP contribution in [0.3, 0.4) is 0 Å². The molecule has 0 saturated heterocycles. The van der Waals surface area contributed by atoms with Crippen molar-refractivity contribution in [2.75, 3.05) is 0 Å². The number of benzene rings is 1. The molecular formula is C11H11BrN2O. The Labute approximate surface area is 96.8 Å². The molecule has 0 saturated carbocycles. The first-order valence-corrected chi connectivity index (χ1v) is 5.54. The molecule has 0 amide bonds. The first-order chi connectivity index (χ1) is 7.31. The highest BCUT2D eigenvalue weighted by Gasteiger charge is 2.08. The van der Waals surface area contributed by atoms with Gasteiger partial charge in [0.1, 0.15) is 10.4 Å². The Kier molecular flexibility index (Phi) is 3.06. The summed E-state index contributed by atoms with van der Waals surface area (Å²) in [6.07, 6.45) is 1.71. The van der Waals surface area contributed by atoms with E-state index in [4.69, 9.17) is 4.74 Å². The van der Waals surface area contributed by atoms with E-state index < -0.39 is 0 Å². The van der Waals surface area contributed by atoms with Gasteiger partial charge in [0.25, 0.3) is 0 Å². The zero-order chi connectivity index (χ0) is 10.7. The van der Waals surface area contributed by atoms with Crippen molar-refractivity contribution in [2.24, 2.45) is 0 Å². The molecule has 1 aromatic heterocycles. The predicted octanol–water partition coefficient (Wildman–Crippen LogP) is 3.46. The molecule has 3 nitrogen and oxygen atoms in total. The van der Waals surface area contributed by atoms with E-state index in [1.165, 1.54) is 0 Å². The Hall–Kier alpha value is -1.29. The number of nitrogens with zero attached hydrogens (tertiary/aromatic N) is 2. The van der Waals surface area contributed by atoms with Crippen LogP contribution in [-0.4, -0.2) is 9.78 Å². The van der Waals surface area contributed by atoms with E-state index in [1.807, 2.05) is 41.9 Å². The lowest BCUT2D eigenvalue weighted by Gasteiger charge is -2.03. The number of aryl methyl sites for hydroxylation is 1. The van der Waals surface area contributed by atoms with Crippen LogP contribution in [0.2, 0.25) is 0 Å². The molecule has 0 fully saturated rings. The van der Waals surface area contributed by atoms with E-state index in [-0.39, 0.29) is 0 Å². The molecule has 0 bridgehead atoms. The molecule has 2 rings (SSSR count). The number of hydrogen-bond donors (Lipinski definition) is 0. The Morgan fingerprint density at radius 3 is 2.67 bits per heavy atom. The molecular weight excluding hydrogens is 256 g/mol. The Bertz CT molecular complexity index is 439. The molecule has 0 N–H and O–H groups in total. The maximum absolute atomic E-state index is 5.66. The van der Waals surface area contributed by atoms with Gasteiger partial charge in [0.15, 0.2) is 5.75 Å². The van der Waals surface area contributed by atoms with Gasteiger partial charge in [0.05, 0.1) is 6.20 Å². The Morgan fingerprint density at radius 1 is 1.33 bits per heavy atom. The topological polar surface area (TPSA) is 27.1 Å². The van der Waals surface area contributed by atoms with Crippen molar-refractivity contribution in [3.05, 3.63) is 41.1 Å². The smallest absolute Gasteiger partial charge is 0.179 e. The summed E-state index contributed by atoms with van der Waals surface area (Å²) in [6.45, 7) is 2.85. The molecule has 0 aliphatic heterocycles. The number of aromatic nitrogens is 2. The molecule has 0 atom stereocenters. The summed E-state index contributed by atoms with van der Waals surface area (Å²) in [5.41, 5.74) is 0. The number of rotatable bonds is 3. The number of hydrogen-bond acceptors (Lipinski definition) is 2. The summed E-state index contributed by atoms with van der Waals surface area (Å²) >= 11 is 3.44. The van der Waals surface area contributed by atoms with Crippen molar-refractivity contribution in [2.45, 2.75) is 13.5 Å². The molecule has 2 aromatic rings. The molecule has 0 aliphatic rings. The minimum absolute atomic E-state index is 0.739. The average molecular weight is 267 g/mol. The van der Waals surface area contributed by atoms with Crippen molar-refractivity contribution < 1.29 is 4.74 Å². The van der Waals surface area contributed by atoms with E-state index in [0.717, 1.165) is 22.6 Å². The molecule has 15 heavy (non-hydrogen) atoms. The van der Waals surface area contributed by atoms with Crippen molar-refractivity contribution in [3.8, 4) is 11.5 Å². The normalized spacial score (nSPS) is 10.3. The van der Waals surface area contributed by atoms with Gasteiger partial charge in [0.2, 0.25) is 0 Å². The predicted molar refractivity (Wildman–Crippen MR) is 62.1 cm³/mol. The van der Waals surface area contributed by atoms with Crippen LogP contribution in [0.5, 0.6) is 11.5 Å². The van der Waals surface area contributed by atoms with Gasteiger partial charge < -0.3 is 4.74 Å². The van der Waals surface area contributed by atoms with Crippen molar-refractivity contribution in [1.29, 1.82) is 0 Å². The quantitative estimate of drug-likeness (QED) is 0.851. The second-order valence-corrected chi connectivity index (χ2v) is 3.78. The SMILES string of the molecule is CCn1ncc(Oc2ccccc2)c1Br. The van der Waals surface area contributed by atoms with Gasteiger partial charge in [-0.05, 0) is 35.0 Å². The third-order valence-corrected chi connectivity index (χ3v) is 2.82. The minimum Gasteiger partial charge on any atom is -0.453 e. The lowest BCUT2D eigenvalue weighted by atomic mass is 10.3. The van der Waals surface area contributed by atoms with Crippen LogP contribution in [0.4, 0.5) is 0 Å². The minimum atomic E-state index is 0.739. The van der Waals surface area contributed by atoms with Gasteiger partial charge in [0, 0.05) is 6.54 Å². The summed E-state index contributed by atoms with van der Waals surface area (Å²) in [5, 5.41) is 4.18. The average Bonchev–Trinajstić information content (AvgIpc) is 2.62. The molecule has 0 radical (unpaired) electrons. The van der Waals surface area contributed by atoms with Crippen LogP contribution < -0.4 is 4.74 Å². The highest BCUT2D eigenvalue weighted by molar-refractivity contribution is 9.10. The highest BCUT2D eigenvalue weighted by atomic mass is 79.9. The highest BCUT2D eigenvalue weighted by Crippen LogP contribution is 2.28. The molecule has 1 heterocycles. The largest absolute Gasteiger partial charge is 0.453 e. The van der Waals surface area contributed by atoms with Gasteiger partial charge in [-0.25, -0.2) is 0 Å². The second kappa shape index (κ2) is 4.49. The summed E-state index contributed by atoms with van der Waals surface area (Å²) in [4.78, 5) is 0. The Balaban J connectivity index is 2.21. The molecule has 0 unspecified atom stereocenters. The fourth-order valence-electron chi connectivity index (χ4n) is 1.26. The number of halogens is 1. The fourth-order valence-corrected chi connectivity index (χ4v) is 1.78. The van der Waals surface area contributed by atoms with E-state index in [9.17, 15) is 0 Å². The maximum atomic E-state index is 5.66. The molecule has 0 aliphatic carbocycles. The van der Waals surface area contributed by atoms with Crippen LogP contribution in [0, 0.1) is 0 Å². The van der Waals surface area contributed by atoms with E-state index in [2.05, 4.69) is 21.0 Å². The maximum Gasteiger partial charge on any atom is 0.179 e. The van der Waals surface area contributed by atoms with Gasteiger partial charge in [-0.2, -0.15) is 5.10 Å². The van der Waals surface area contributed by atoms with Gasteiger partial charge in [-0.15, -0.1) is 0 Å². The first-order valence-electron chi connectivity index (χ1n) is 4.75. The van der Waals surface area contributed by atoms with E-state index >= 15 is 0 Å². The van der Waals surface area contributed by atoms with Gasteiger partial charge in [-0.1, -0.05) is 18.2 Å². The van der Waals surface area contributed by atoms with Crippen LogP contribution in [-0.2, 0) is 6.54 Å². The monoisotopic (exact) mass is 266 g/mol. The molecule has 1 aromatic carbocycles. The third kappa shape index (κ3) is 2.21. The zero-order valence-corrected chi connectivity index (χ0v) is 9.94. The third-order valence-electron chi connectivity index (χ3n) is 2.01. The van der Waals surface area contributed by atoms with Crippen LogP contribution >= 0.6 is 15.9 Å². The molecule has 0 spiro atoms. The van der Waals surface area contributed by atoms with Crippen molar-refractivity contribution in [3.63, 3.8) is 0 Å². The van der Waals surface area contributed by atoms with Gasteiger partial charge in [-0.3, -0.25) is 4.68 Å². The van der Waals surface area contributed by atoms with Crippen LogP contribution in [0.25, 0.3) is 0 Å². The summed E-state index contributed by atoms with van der Waals surface area (Å²) in [5.74, 6) is 1.55. The molecule has 4 heteroatoms.